The van der Waals surface area contributed by atoms with Crippen molar-refractivity contribution in [2.75, 3.05) is 12.0 Å². The highest BCUT2D eigenvalue weighted by atomic mass is 16.6. The predicted molar refractivity (Wildman–Crippen MR) is 93.8 cm³/mol. The number of anilines is 1. The van der Waals surface area contributed by atoms with E-state index in [4.69, 9.17) is 9.47 Å². The molecule has 0 N–H and O–H groups in total. The Hall–Kier alpha value is -2.30. The van der Waals surface area contributed by atoms with Gasteiger partial charge in [-0.3, -0.25) is 4.90 Å². The fourth-order valence-electron chi connectivity index (χ4n) is 4.54. The summed E-state index contributed by atoms with van der Waals surface area (Å²) in [5, 5.41) is 0. The van der Waals surface area contributed by atoms with Gasteiger partial charge in [-0.25, -0.2) is 9.59 Å². The molecular weight excluding hydrogens is 318 g/mol. The molecule has 1 aromatic carbocycles. The van der Waals surface area contributed by atoms with Crippen LogP contribution in [-0.2, 0) is 9.47 Å². The number of hydrogen-bond donors (Lipinski definition) is 0. The van der Waals surface area contributed by atoms with Crippen LogP contribution in [-0.4, -0.2) is 30.8 Å². The fourth-order valence-corrected chi connectivity index (χ4v) is 4.54. The molecule has 2 bridgehead atoms. The molecule has 5 heteroatoms. The van der Waals surface area contributed by atoms with Crippen LogP contribution < -0.4 is 4.90 Å². The standard InChI is InChI=1S/C20H23NO4/c1-20(2,3)25-19(23)21-15-8-7-13(18(22)24-4)10-14(15)16-11-5-6-12(9-11)17(16)21/h5-8,10-12,16-17H,9H2,1-4H3/t11-,12+,16-,17-/m0/s1. The van der Waals surface area contributed by atoms with Gasteiger partial charge in [0.05, 0.1) is 24.4 Å². The van der Waals surface area contributed by atoms with Crippen LogP contribution in [0, 0.1) is 11.8 Å². The quantitative estimate of drug-likeness (QED) is 0.574. The van der Waals surface area contributed by atoms with Crippen LogP contribution in [0.4, 0.5) is 10.5 Å². The first-order valence-electron chi connectivity index (χ1n) is 8.73. The summed E-state index contributed by atoms with van der Waals surface area (Å²) in [4.78, 5) is 26.6. The molecule has 1 amide bonds. The Morgan fingerprint density at radius 2 is 1.88 bits per heavy atom. The molecule has 0 radical (unpaired) electrons. The van der Waals surface area contributed by atoms with E-state index in [2.05, 4.69) is 12.2 Å². The monoisotopic (exact) mass is 341 g/mol. The van der Waals surface area contributed by atoms with Crippen LogP contribution in [0.1, 0.15) is 49.0 Å². The number of hydrogen-bond acceptors (Lipinski definition) is 4. The van der Waals surface area contributed by atoms with Crippen molar-refractivity contribution in [3.63, 3.8) is 0 Å². The zero-order valence-corrected chi connectivity index (χ0v) is 15.0. The topological polar surface area (TPSA) is 55.8 Å². The second kappa shape index (κ2) is 5.35. The number of benzene rings is 1. The third-order valence-electron chi connectivity index (χ3n) is 5.37. The first-order valence-corrected chi connectivity index (χ1v) is 8.73. The highest BCUT2D eigenvalue weighted by Gasteiger charge is 2.55. The molecular formula is C20H23NO4. The summed E-state index contributed by atoms with van der Waals surface area (Å²) in [6.45, 7) is 5.63. The van der Waals surface area contributed by atoms with Gasteiger partial charge in [0.15, 0.2) is 0 Å². The molecule has 5 nitrogen and oxygen atoms in total. The zero-order chi connectivity index (χ0) is 17.9. The number of allylic oxidation sites excluding steroid dienone is 1. The maximum atomic E-state index is 12.9. The summed E-state index contributed by atoms with van der Waals surface area (Å²) in [6, 6.07) is 5.53. The van der Waals surface area contributed by atoms with Gasteiger partial charge in [-0.1, -0.05) is 12.2 Å². The smallest absolute Gasteiger partial charge is 0.415 e. The Morgan fingerprint density at radius 3 is 2.56 bits per heavy atom. The second-order valence-electron chi connectivity index (χ2n) is 8.08. The zero-order valence-electron chi connectivity index (χ0n) is 15.0. The van der Waals surface area contributed by atoms with E-state index in [1.807, 2.05) is 32.9 Å². The van der Waals surface area contributed by atoms with Crippen molar-refractivity contribution in [3.05, 3.63) is 41.5 Å². The fraction of sp³-hybridized carbons (Fsp3) is 0.500. The van der Waals surface area contributed by atoms with Gasteiger partial charge < -0.3 is 9.47 Å². The summed E-state index contributed by atoms with van der Waals surface area (Å²) < 4.78 is 10.5. The molecule has 0 saturated heterocycles. The Kier molecular flexibility index (Phi) is 3.46. The van der Waals surface area contributed by atoms with E-state index in [1.165, 1.54) is 7.11 Å². The van der Waals surface area contributed by atoms with Crippen molar-refractivity contribution in [1.29, 1.82) is 0 Å². The lowest BCUT2D eigenvalue weighted by atomic mass is 9.85. The highest BCUT2D eigenvalue weighted by molar-refractivity contribution is 5.95. The van der Waals surface area contributed by atoms with Gasteiger partial charge in [-0.05, 0) is 62.8 Å². The number of nitrogens with zero attached hydrogens (tertiary/aromatic N) is 1. The van der Waals surface area contributed by atoms with Crippen LogP contribution in [0.5, 0.6) is 0 Å². The highest BCUT2D eigenvalue weighted by Crippen LogP contribution is 2.58. The molecule has 25 heavy (non-hydrogen) atoms. The minimum absolute atomic E-state index is 0.0766. The van der Waals surface area contributed by atoms with Crippen molar-refractivity contribution in [3.8, 4) is 0 Å². The Balaban J connectivity index is 1.78. The van der Waals surface area contributed by atoms with Gasteiger partial charge in [-0.15, -0.1) is 0 Å². The number of rotatable bonds is 1. The van der Waals surface area contributed by atoms with E-state index < -0.39 is 5.60 Å². The lowest BCUT2D eigenvalue weighted by Gasteiger charge is -2.32. The molecule has 3 aliphatic rings. The number of methoxy groups -OCH3 is 1. The van der Waals surface area contributed by atoms with E-state index >= 15 is 0 Å². The molecule has 4 atom stereocenters. The van der Waals surface area contributed by atoms with Crippen molar-refractivity contribution >= 4 is 17.7 Å². The SMILES string of the molecule is COC(=O)c1ccc2c(c1)[C@H]1[C@H]([C@@H]3C=C[C@H]1C3)N2C(=O)OC(C)(C)C. The van der Waals surface area contributed by atoms with Gasteiger partial charge in [0.25, 0.3) is 0 Å². The van der Waals surface area contributed by atoms with Crippen molar-refractivity contribution in [2.45, 2.75) is 44.8 Å². The largest absolute Gasteiger partial charge is 0.465 e. The number of amides is 1. The molecule has 0 unspecified atom stereocenters. The average molecular weight is 341 g/mol. The number of esters is 1. The van der Waals surface area contributed by atoms with Crippen molar-refractivity contribution in [1.82, 2.24) is 0 Å². The summed E-state index contributed by atoms with van der Waals surface area (Å²) in [5.74, 6) is 0.626. The van der Waals surface area contributed by atoms with Gasteiger partial charge in [-0.2, -0.15) is 0 Å². The van der Waals surface area contributed by atoms with Gasteiger partial charge in [0.1, 0.15) is 5.60 Å². The summed E-state index contributed by atoms with van der Waals surface area (Å²) in [5.41, 5.74) is 1.89. The molecule has 1 aliphatic heterocycles. The van der Waals surface area contributed by atoms with E-state index in [9.17, 15) is 9.59 Å². The third-order valence-corrected chi connectivity index (χ3v) is 5.37. The first kappa shape index (κ1) is 16.2. The molecule has 132 valence electrons. The number of ether oxygens (including phenoxy) is 2. The minimum atomic E-state index is -0.547. The second-order valence-corrected chi connectivity index (χ2v) is 8.08. The first-order chi connectivity index (χ1) is 11.8. The van der Waals surface area contributed by atoms with E-state index in [-0.39, 0.29) is 24.0 Å². The predicted octanol–water partition coefficient (Wildman–Crippen LogP) is 3.89. The summed E-state index contributed by atoms with van der Waals surface area (Å²) >= 11 is 0. The summed E-state index contributed by atoms with van der Waals surface area (Å²) in [6.07, 6.45) is 5.21. The molecule has 1 saturated carbocycles. The van der Waals surface area contributed by atoms with Crippen LogP contribution in [0.3, 0.4) is 0 Å². The van der Waals surface area contributed by atoms with Crippen molar-refractivity contribution in [2.24, 2.45) is 11.8 Å². The molecule has 1 aromatic rings. The van der Waals surface area contributed by atoms with Crippen LogP contribution in [0.25, 0.3) is 0 Å². The lowest BCUT2D eigenvalue weighted by molar-refractivity contribution is 0.0561. The molecule has 1 fully saturated rings. The van der Waals surface area contributed by atoms with Crippen LogP contribution in [0.15, 0.2) is 30.4 Å². The van der Waals surface area contributed by atoms with Crippen molar-refractivity contribution < 1.29 is 19.1 Å². The summed E-state index contributed by atoms with van der Waals surface area (Å²) in [7, 11) is 1.38. The maximum absolute atomic E-state index is 12.9. The normalized spacial score (nSPS) is 28.7. The minimum Gasteiger partial charge on any atom is -0.465 e. The Labute approximate surface area is 147 Å². The number of fused-ring (bicyclic) bond motifs is 7. The maximum Gasteiger partial charge on any atom is 0.415 e. The average Bonchev–Trinajstić information content (AvgIpc) is 3.22. The van der Waals surface area contributed by atoms with E-state index in [0.717, 1.165) is 17.7 Å². The van der Waals surface area contributed by atoms with Crippen LogP contribution in [0.2, 0.25) is 0 Å². The molecule has 0 aromatic heterocycles. The number of carbonyl (C=O) groups is 2. The Morgan fingerprint density at radius 1 is 1.16 bits per heavy atom. The molecule has 4 rings (SSSR count). The lowest BCUT2D eigenvalue weighted by Crippen LogP contribution is -2.44. The van der Waals surface area contributed by atoms with Gasteiger partial charge >= 0.3 is 12.1 Å². The van der Waals surface area contributed by atoms with E-state index in [0.29, 0.717) is 17.4 Å². The third kappa shape index (κ3) is 2.44. The van der Waals surface area contributed by atoms with Gasteiger partial charge in [0.2, 0.25) is 0 Å². The molecule has 2 aliphatic carbocycles. The van der Waals surface area contributed by atoms with Crippen LogP contribution >= 0.6 is 0 Å². The molecule has 0 spiro atoms. The van der Waals surface area contributed by atoms with E-state index in [1.54, 1.807) is 11.0 Å². The van der Waals surface area contributed by atoms with Gasteiger partial charge in [0, 0.05) is 5.92 Å². The number of carbonyl (C=O) groups excluding carboxylic acids is 2. The molecule has 1 heterocycles. The Bertz CT molecular complexity index is 776.